The highest BCUT2D eigenvalue weighted by molar-refractivity contribution is 5.96. The Morgan fingerprint density at radius 2 is 2.25 bits per heavy atom. The number of nitrogens with two attached hydrogens (primary N) is 1. The zero-order valence-corrected chi connectivity index (χ0v) is 14.1. The summed E-state index contributed by atoms with van der Waals surface area (Å²) in [6, 6.07) is 5.69. The van der Waals surface area contributed by atoms with Crippen molar-refractivity contribution in [2.45, 2.75) is 38.1 Å². The summed E-state index contributed by atoms with van der Waals surface area (Å²) in [5.41, 5.74) is 10.6. The molecule has 0 aromatic heterocycles. The van der Waals surface area contributed by atoms with E-state index in [2.05, 4.69) is 23.5 Å². The molecule has 0 radical (unpaired) electrons. The number of anilines is 1. The van der Waals surface area contributed by atoms with Crippen LogP contribution in [-0.2, 0) is 9.57 Å². The van der Waals surface area contributed by atoms with Crippen molar-refractivity contribution < 1.29 is 14.3 Å². The highest BCUT2D eigenvalue weighted by Crippen LogP contribution is 2.24. The molecule has 3 N–H and O–H groups in total. The summed E-state index contributed by atoms with van der Waals surface area (Å²) in [4.78, 5) is 9.36. The number of unbranched alkanes of at least 4 members (excludes halogenated alkanes) is 2. The Morgan fingerprint density at radius 3 is 2.96 bits per heavy atom. The molecule has 0 aliphatic carbocycles. The third kappa shape index (κ3) is 4.20. The second-order valence-electron chi connectivity index (χ2n) is 6.39. The molecule has 1 aromatic carbocycles. The zero-order valence-electron chi connectivity index (χ0n) is 14.1. The minimum atomic E-state index is -0.0356. The Kier molecular flexibility index (Phi) is 5.25. The Balaban J connectivity index is 1.38. The Morgan fingerprint density at radius 1 is 1.33 bits per heavy atom. The summed E-state index contributed by atoms with van der Waals surface area (Å²) in [5, 5.41) is 0. The number of nitrogens with zero attached hydrogens (tertiary/aromatic N) is 1. The van der Waals surface area contributed by atoms with Crippen LogP contribution in [0.1, 0.15) is 38.2 Å². The summed E-state index contributed by atoms with van der Waals surface area (Å²) in [7, 11) is 0. The molecule has 6 heteroatoms. The summed E-state index contributed by atoms with van der Waals surface area (Å²) in [5.74, 6) is 1.39. The van der Waals surface area contributed by atoms with Crippen molar-refractivity contribution >= 4 is 11.6 Å². The second kappa shape index (κ2) is 7.57. The largest absolute Gasteiger partial charge is 0.491 e. The number of hydrogen-bond acceptors (Lipinski definition) is 6. The van der Waals surface area contributed by atoms with E-state index in [1.807, 2.05) is 18.2 Å². The van der Waals surface area contributed by atoms with Crippen LogP contribution in [-0.4, -0.2) is 31.2 Å². The number of hydroxylamine groups is 1. The van der Waals surface area contributed by atoms with Crippen LogP contribution in [0, 0.1) is 0 Å². The van der Waals surface area contributed by atoms with E-state index < -0.39 is 0 Å². The van der Waals surface area contributed by atoms with Gasteiger partial charge in [0, 0.05) is 5.56 Å². The molecule has 24 heavy (non-hydrogen) atoms. The van der Waals surface area contributed by atoms with Gasteiger partial charge in [0.05, 0.1) is 24.4 Å². The molecule has 0 saturated carbocycles. The lowest BCUT2D eigenvalue weighted by molar-refractivity contribution is 0.100. The minimum absolute atomic E-state index is 0.0356. The van der Waals surface area contributed by atoms with Crippen LogP contribution in [0.2, 0.25) is 0 Å². The zero-order chi connectivity index (χ0) is 16.8. The number of nitrogen functional groups attached to an aromatic ring is 1. The van der Waals surface area contributed by atoms with Crippen LogP contribution in [0.15, 0.2) is 35.5 Å². The lowest BCUT2D eigenvalue weighted by Crippen LogP contribution is -2.35. The van der Waals surface area contributed by atoms with Gasteiger partial charge in [-0.2, -0.15) is 0 Å². The van der Waals surface area contributed by atoms with Crippen molar-refractivity contribution in [3.63, 3.8) is 0 Å². The molecule has 3 rings (SSSR count). The lowest BCUT2D eigenvalue weighted by atomic mass is 9.96. The van der Waals surface area contributed by atoms with Gasteiger partial charge < -0.3 is 20.0 Å². The van der Waals surface area contributed by atoms with E-state index in [9.17, 15) is 0 Å². The number of ether oxygens (including phenoxy) is 2. The van der Waals surface area contributed by atoms with Crippen LogP contribution in [0.25, 0.3) is 0 Å². The molecule has 2 heterocycles. The fourth-order valence-electron chi connectivity index (χ4n) is 2.80. The van der Waals surface area contributed by atoms with Gasteiger partial charge in [0.15, 0.2) is 0 Å². The Hall–Kier alpha value is -2.21. The monoisotopic (exact) mass is 331 g/mol. The van der Waals surface area contributed by atoms with Crippen molar-refractivity contribution in [3.8, 4) is 5.75 Å². The summed E-state index contributed by atoms with van der Waals surface area (Å²) in [6.07, 6.45) is 8.03. The highest BCUT2D eigenvalue weighted by atomic mass is 16.6. The average molecular weight is 331 g/mol. The van der Waals surface area contributed by atoms with E-state index in [0.717, 1.165) is 37.0 Å². The number of rotatable bonds is 8. The van der Waals surface area contributed by atoms with Crippen LogP contribution < -0.4 is 16.0 Å². The molecule has 0 saturated heterocycles. The molecular formula is C18H25N3O3. The summed E-state index contributed by atoms with van der Waals surface area (Å²) < 4.78 is 11.2. The minimum Gasteiger partial charge on any atom is -0.491 e. The van der Waals surface area contributed by atoms with Gasteiger partial charge in [-0.15, -0.1) is 5.48 Å². The molecule has 0 fully saturated rings. The van der Waals surface area contributed by atoms with Crippen molar-refractivity contribution in [1.82, 2.24) is 5.48 Å². The average Bonchev–Trinajstić information content (AvgIpc) is 3.24. The number of nitrogens with one attached hydrogen (secondary N) is 1. The normalized spacial score (nSPS) is 22.1. The number of benzene rings is 1. The molecule has 1 atom stereocenters. The van der Waals surface area contributed by atoms with Gasteiger partial charge in [-0.3, -0.25) is 0 Å². The molecular weight excluding hydrogens is 306 g/mol. The fourth-order valence-corrected chi connectivity index (χ4v) is 2.80. The fraction of sp³-hybridized carbons (Fsp3) is 0.500. The highest BCUT2D eigenvalue weighted by Gasteiger charge is 2.24. The first-order chi connectivity index (χ1) is 11.7. The molecule has 2 aliphatic rings. The van der Waals surface area contributed by atoms with Crippen molar-refractivity contribution in [3.05, 3.63) is 36.1 Å². The van der Waals surface area contributed by atoms with Crippen molar-refractivity contribution in [1.29, 1.82) is 0 Å². The van der Waals surface area contributed by atoms with Gasteiger partial charge in [0.1, 0.15) is 18.6 Å². The van der Waals surface area contributed by atoms with E-state index in [1.54, 1.807) is 6.26 Å². The van der Waals surface area contributed by atoms with E-state index in [1.165, 1.54) is 0 Å². The standard InChI is InChI=1S/C18H25N3O3/c1-18(8-11-24-21-18)7-3-2-4-10-22-16-6-5-14(13-15(16)19)17-20-9-12-23-17/h5-6,8,11,13,21H,2-4,7,9-10,12,19H2,1H3. The van der Waals surface area contributed by atoms with Gasteiger partial charge in [-0.25, -0.2) is 4.99 Å². The van der Waals surface area contributed by atoms with Gasteiger partial charge >= 0.3 is 0 Å². The van der Waals surface area contributed by atoms with Gasteiger partial charge in [0.25, 0.3) is 0 Å². The maximum absolute atomic E-state index is 6.06. The predicted molar refractivity (Wildman–Crippen MR) is 93.9 cm³/mol. The van der Waals surface area contributed by atoms with E-state index in [0.29, 0.717) is 31.3 Å². The van der Waals surface area contributed by atoms with Gasteiger partial charge in [-0.05, 0) is 50.5 Å². The lowest BCUT2D eigenvalue weighted by Gasteiger charge is -2.20. The molecule has 0 spiro atoms. The number of hydrogen-bond donors (Lipinski definition) is 2. The van der Waals surface area contributed by atoms with Gasteiger partial charge in [-0.1, -0.05) is 6.42 Å². The molecule has 1 unspecified atom stereocenters. The Bertz CT molecular complexity index is 630. The molecule has 6 nitrogen and oxygen atoms in total. The molecule has 0 amide bonds. The molecule has 0 bridgehead atoms. The first-order valence-corrected chi connectivity index (χ1v) is 8.47. The van der Waals surface area contributed by atoms with Crippen LogP contribution in [0.3, 0.4) is 0 Å². The van der Waals surface area contributed by atoms with Crippen LogP contribution >= 0.6 is 0 Å². The topological polar surface area (TPSA) is 78.1 Å². The quantitative estimate of drug-likeness (QED) is 0.566. The van der Waals surface area contributed by atoms with Gasteiger partial charge in [0.2, 0.25) is 5.90 Å². The maximum atomic E-state index is 6.06. The molecule has 1 aromatic rings. The smallest absolute Gasteiger partial charge is 0.216 e. The summed E-state index contributed by atoms with van der Waals surface area (Å²) in [6.45, 7) is 4.15. The molecule has 2 aliphatic heterocycles. The van der Waals surface area contributed by atoms with Crippen LogP contribution in [0.4, 0.5) is 5.69 Å². The number of aliphatic imine (C=N–C) groups is 1. The van der Waals surface area contributed by atoms with E-state index in [-0.39, 0.29) is 5.54 Å². The van der Waals surface area contributed by atoms with E-state index in [4.69, 9.17) is 20.0 Å². The van der Waals surface area contributed by atoms with E-state index >= 15 is 0 Å². The first-order valence-electron chi connectivity index (χ1n) is 8.47. The maximum Gasteiger partial charge on any atom is 0.216 e. The summed E-state index contributed by atoms with van der Waals surface area (Å²) >= 11 is 0. The third-order valence-electron chi connectivity index (χ3n) is 4.24. The SMILES string of the molecule is CC1(CCCCCOc2ccc(C3=NCCO3)cc2N)C=CON1. The first kappa shape index (κ1) is 16.6. The van der Waals surface area contributed by atoms with Crippen molar-refractivity contribution in [2.24, 2.45) is 4.99 Å². The third-order valence-corrected chi connectivity index (χ3v) is 4.24. The Labute approximate surface area is 142 Å². The second-order valence-corrected chi connectivity index (χ2v) is 6.39. The molecule has 130 valence electrons. The predicted octanol–water partition coefficient (Wildman–Crippen LogP) is 2.79. The van der Waals surface area contributed by atoms with Crippen LogP contribution in [0.5, 0.6) is 5.75 Å². The van der Waals surface area contributed by atoms with Crippen molar-refractivity contribution in [2.75, 3.05) is 25.5 Å².